The van der Waals surface area contributed by atoms with E-state index in [4.69, 9.17) is 0 Å². The lowest BCUT2D eigenvalue weighted by Gasteiger charge is -2.30. The normalized spacial score (nSPS) is 15.0. The largest absolute Gasteiger partial charge is 0.316 e. The van der Waals surface area contributed by atoms with Crippen LogP contribution in [0.15, 0.2) is 42.5 Å². The summed E-state index contributed by atoms with van der Waals surface area (Å²) in [5, 5.41) is 16.2. The summed E-state index contributed by atoms with van der Waals surface area (Å²) in [6, 6.07) is 11.0. The molecule has 0 unspecified atom stereocenters. The first-order chi connectivity index (χ1) is 12.2. The first-order valence-electron chi connectivity index (χ1n) is 7.77. The van der Waals surface area contributed by atoms with Gasteiger partial charge in [0, 0.05) is 5.56 Å². The van der Waals surface area contributed by atoms with Crippen LogP contribution in [0, 0.1) is 10.1 Å². The molecule has 2 aromatic rings. The van der Waals surface area contributed by atoms with Crippen molar-refractivity contribution in [3.63, 3.8) is 0 Å². The van der Waals surface area contributed by atoms with Gasteiger partial charge in [0.05, 0.1) is 10.3 Å². The van der Waals surface area contributed by atoms with Gasteiger partial charge in [-0.3, -0.25) is 29.8 Å². The van der Waals surface area contributed by atoms with Crippen LogP contribution < -0.4 is 10.6 Å². The lowest BCUT2D eigenvalue weighted by atomic mass is 9.77. The molecule has 0 aliphatic carbocycles. The second-order valence-electron chi connectivity index (χ2n) is 6.37. The molecule has 0 bridgehead atoms. The zero-order valence-corrected chi connectivity index (χ0v) is 14.0. The number of carbonyl (C=O) groups excluding carboxylic acids is 3. The van der Waals surface area contributed by atoms with Crippen LogP contribution in [-0.4, -0.2) is 22.6 Å². The number of nitro benzene ring substituents is 1. The van der Waals surface area contributed by atoms with Crippen molar-refractivity contribution >= 4 is 29.1 Å². The second kappa shape index (κ2) is 6.07. The Balaban J connectivity index is 2.13. The maximum Gasteiger partial charge on any atom is 0.305 e. The van der Waals surface area contributed by atoms with E-state index in [2.05, 4.69) is 10.6 Å². The molecule has 2 aromatic carbocycles. The van der Waals surface area contributed by atoms with E-state index in [0.29, 0.717) is 5.56 Å². The standard InChI is InChI=1S/C18H15N3O5/c1-18(2)11-8-9-12(19-15(22)10-6-4-3-5-7-10)14(21(25)26)13(11)16(23)20-17(18)24/h3-9H,1-2H3,(H,19,22)(H,20,23,24). The Labute approximate surface area is 148 Å². The number of amides is 3. The highest BCUT2D eigenvalue weighted by Gasteiger charge is 2.44. The van der Waals surface area contributed by atoms with Crippen LogP contribution in [0.5, 0.6) is 0 Å². The molecule has 0 fully saturated rings. The molecule has 1 aliphatic heterocycles. The van der Waals surface area contributed by atoms with E-state index in [-0.39, 0.29) is 16.8 Å². The highest BCUT2D eigenvalue weighted by molar-refractivity contribution is 6.16. The highest BCUT2D eigenvalue weighted by atomic mass is 16.6. The van der Waals surface area contributed by atoms with Crippen molar-refractivity contribution in [2.75, 3.05) is 5.32 Å². The zero-order chi connectivity index (χ0) is 19.1. The van der Waals surface area contributed by atoms with E-state index >= 15 is 0 Å². The van der Waals surface area contributed by atoms with Crippen LogP contribution in [0.1, 0.15) is 40.1 Å². The third-order valence-corrected chi connectivity index (χ3v) is 4.34. The van der Waals surface area contributed by atoms with Gasteiger partial charge >= 0.3 is 5.69 Å². The summed E-state index contributed by atoms with van der Waals surface area (Å²) >= 11 is 0. The van der Waals surface area contributed by atoms with Crippen molar-refractivity contribution in [1.29, 1.82) is 0 Å². The van der Waals surface area contributed by atoms with Gasteiger partial charge in [0.15, 0.2) is 0 Å². The van der Waals surface area contributed by atoms with Gasteiger partial charge in [-0.15, -0.1) is 0 Å². The summed E-state index contributed by atoms with van der Waals surface area (Å²) in [5.41, 5.74) is -1.41. The predicted molar refractivity (Wildman–Crippen MR) is 93.0 cm³/mol. The molecule has 8 heteroatoms. The van der Waals surface area contributed by atoms with Gasteiger partial charge in [-0.2, -0.15) is 0 Å². The first-order valence-corrected chi connectivity index (χ1v) is 7.77. The summed E-state index contributed by atoms with van der Waals surface area (Å²) in [5.74, 6) is -1.93. The van der Waals surface area contributed by atoms with Crippen molar-refractivity contribution in [2.45, 2.75) is 19.3 Å². The van der Waals surface area contributed by atoms with Gasteiger partial charge in [0.1, 0.15) is 11.3 Å². The van der Waals surface area contributed by atoms with Crippen LogP contribution in [-0.2, 0) is 10.2 Å². The number of nitro groups is 1. The summed E-state index contributed by atoms with van der Waals surface area (Å²) in [4.78, 5) is 47.6. The molecule has 132 valence electrons. The molecule has 0 atom stereocenters. The lowest BCUT2D eigenvalue weighted by molar-refractivity contribution is -0.384. The van der Waals surface area contributed by atoms with Crippen LogP contribution in [0.25, 0.3) is 0 Å². The number of hydrogen-bond acceptors (Lipinski definition) is 5. The van der Waals surface area contributed by atoms with Gasteiger partial charge in [0.25, 0.3) is 11.8 Å². The van der Waals surface area contributed by atoms with Gasteiger partial charge in [-0.1, -0.05) is 24.3 Å². The number of fused-ring (bicyclic) bond motifs is 1. The minimum Gasteiger partial charge on any atom is -0.316 e. The molecule has 26 heavy (non-hydrogen) atoms. The zero-order valence-electron chi connectivity index (χ0n) is 14.0. The Morgan fingerprint density at radius 2 is 1.77 bits per heavy atom. The molecule has 0 spiro atoms. The summed E-state index contributed by atoms with van der Waals surface area (Å²) < 4.78 is 0. The number of nitrogens with zero attached hydrogens (tertiary/aromatic N) is 1. The van der Waals surface area contributed by atoms with Crippen LogP contribution in [0.2, 0.25) is 0 Å². The summed E-state index contributed by atoms with van der Waals surface area (Å²) in [7, 11) is 0. The molecule has 2 N–H and O–H groups in total. The first kappa shape index (κ1) is 17.3. The van der Waals surface area contributed by atoms with E-state index in [1.165, 1.54) is 12.1 Å². The maximum atomic E-state index is 12.3. The van der Waals surface area contributed by atoms with Gasteiger partial charge < -0.3 is 5.32 Å². The van der Waals surface area contributed by atoms with Crippen LogP contribution >= 0.6 is 0 Å². The van der Waals surface area contributed by atoms with Crippen LogP contribution in [0.4, 0.5) is 11.4 Å². The number of carbonyl (C=O) groups is 3. The maximum absolute atomic E-state index is 12.3. The molecule has 1 aliphatic rings. The topological polar surface area (TPSA) is 118 Å². The average Bonchev–Trinajstić information content (AvgIpc) is 2.60. The van der Waals surface area contributed by atoms with Gasteiger partial charge in [0.2, 0.25) is 5.91 Å². The quantitative estimate of drug-likeness (QED) is 0.499. The Morgan fingerprint density at radius 1 is 1.12 bits per heavy atom. The Bertz CT molecular complexity index is 951. The molecule has 0 aromatic heterocycles. The molecule has 0 saturated heterocycles. The third-order valence-electron chi connectivity index (χ3n) is 4.34. The molecule has 0 radical (unpaired) electrons. The molecule has 3 rings (SSSR count). The van der Waals surface area contributed by atoms with Gasteiger partial charge in [-0.05, 0) is 37.6 Å². The molecule has 3 amide bonds. The second-order valence-corrected chi connectivity index (χ2v) is 6.37. The van der Waals surface area contributed by atoms with Crippen LogP contribution in [0.3, 0.4) is 0 Å². The Hall–Kier alpha value is -3.55. The molecular formula is C18H15N3O5. The van der Waals surface area contributed by atoms with Crippen molar-refractivity contribution < 1.29 is 19.3 Å². The van der Waals surface area contributed by atoms with Crippen molar-refractivity contribution in [1.82, 2.24) is 5.32 Å². The Morgan fingerprint density at radius 3 is 2.38 bits per heavy atom. The van der Waals surface area contributed by atoms with E-state index in [9.17, 15) is 24.5 Å². The van der Waals surface area contributed by atoms with Crippen molar-refractivity contribution in [3.05, 3.63) is 69.3 Å². The molecule has 8 nitrogen and oxygen atoms in total. The number of rotatable bonds is 3. The van der Waals surface area contributed by atoms with E-state index in [1.54, 1.807) is 44.2 Å². The van der Waals surface area contributed by atoms with Gasteiger partial charge in [-0.25, -0.2) is 0 Å². The minimum atomic E-state index is -1.12. The smallest absolute Gasteiger partial charge is 0.305 e. The monoisotopic (exact) mass is 353 g/mol. The fourth-order valence-electron chi connectivity index (χ4n) is 2.86. The minimum absolute atomic E-state index is 0.108. The number of hydrogen-bond donors (Lipinski definition) is 2. The summed E-state index contributed by atoms with van der Waals surface area (Å²) in [6.45, 7) is 3.14. The molecular weight excluding hydrogens is 338 g/mol. The van der Waals surface area contributed by atoms with E-state index < -0.39 is 33.7 Å². The number of nitrogens with one attached hydrogen (secondary N) is 2. The third kappa shape index (κ3) is 2.71. The number of benzene rings is 2. The van der Waals surface area contributed by atoms with Crippen molar-refractivity contribution in [3.8, 4) is 0 Å². The highest BCUT2D eigenvalue weighted by Crippen LogP contribution is 2.39. The molecule has 0 saturated carbocycles. The Kier molecular flexibility index (Phi) is 4.03. The van der Waals surface area contributed by atoms with Crippen molar-refractivity contribution in [2.24, 2.45) is 0 Å². The average molecular weight is 353 g/mol. The fraction of sp³-hybridized carbons (Fsp3) is 0.167. The number of imide groups is 1. The number of anilines is 1. The van der Waals surface area contributed by atoms with E-state index in [0.717, 1.165) is 0 Å². The fourth-order valence-corrected chi connectivity index (χ4v) is 2.86. The predicted octanol–water partition coefficient (Wildman–Crippen LogP) is 2.39. The summed E-state index contributed by atoms with van der Waals surface area (Å²) in [6.07, 6.45) is 0. The van der Waals surface area contributed by atoms with E-state index in [1.807, 2.05) is 0 Å². The molecule has 1 heterocycles. The SMILES string of the molecule is CC1(C)C(=O)NC(=O)c2c1ccc(NC(=O)c1ccccc1)c2[N+](=O)[O-]. The lowest BCUT2D eigenvalue weighted by Crippen LogP contribution is -2.49.